The van der Waals surface area contributed by atoms with Crippen LogP contribution in [0.4, 0.5) is 0 Å². The summed E-state index contributed by atoms with van der Waals surface area (Å²) in [5.74, 6) is 3.51. The molecule has 2 aromatic heterocycles. The Bertz CT molecular complexity index is 3040. The molecule has 5 heteroatoms. The zero-order chi connectivity index (χ0) is 38.2. The summed E-state index contributed by atoms with van der Waals surface area (Å²) in [7, 11) is -3.12. The molecule has 0 radical (unpaired) electrons. The quantitative estimate of drug-likeness (QED) is 0.168. The largest absolute Gasteiger partial charge is 0.455 e. The van der Waals surface area contributed by atoms with Crippen LogP contribution in [-0.4, -0.2) is 17.2 Å². The van der Waals surface area contributed by atoms with Crippen LogP contribution in [0.2, 0.25) is 0 Å². The molecule has 0 atom stereocenters. The van der Waals surface area contributed by atoms with E-state index in [1.807, 2.05) is 0 Å². The number of hydrogen-bond acceptors (Lipinski definition) is 2. The number of para-hydroxylation sites is 2. The van der Waals surface area contributed by atoms with Crippen molar-refractivity contribution in [1.29, 1.82) is 0 Å². The lowest BCUT2D eigenvalue weighted by molar-refractivity contribution is 0.462. The molecule has 0 saturated carbocycles. The van der Waals surface area contributed by atoms with E-state index < -0.39 is 8.07 Å². The SMILES string of the molecule is Cc1ccc2c(c1)c1cc(C)ccc1n2-c1cccc2c1Oc1cccc3c1[Si]2(c1ccccc1)c1cccc(-n2c4ccc(C)cc4c4cc(C)ccc42)c1O3. The highest BCUT2D eigenvalue weighted by Crippen LogP contribution is 2.45. The molecule has 0 saturated heterocycles. The van der Waals surface area contributed by atoms with Gasteiger partial charge in [0.05, 0.1) is 33.4 Å². The van der Waals surface area contributed by atoms with Crippen LogP contribution in [0, 0.1) is 27.7 Å². The Balaban J connectivity index is 1.22. The van der Waals surface area contributed by atoms with E-state index >= 15 is 0 Å². The van der Waals surface area contributed by atoms with Gasteiger partial charge in [-0.25, -0.2) is 0 Å². The molecule has 57 heavy (non-hydrogen) atoms. The van der Waals surface area contributed by atoms with Crippen LogP contribution >= 0.6 is 0 Å². The lowest BCUT2D eigenvalue weighted by Crippen LogP contribution is -2.77. The zero-order valence-corrected chi connectivity index (χ0v) is 33.2. The smallest absolute Gasteiger partial charge is 0.197 e. The van der Waals surface area contributed by atoms with E-state index in [2.05, 4.69) is 195 Å². The molecule has 2 aliphatic heterocycles. The third-order valence-corrected chi connectivity index (χ3v) is 17.3. The molecule has 0 aliphatic carbocycles. The van der Waals surface area contributed by atoms with E-state index in [1.54, 1.807) is 0 Å². The van der Waals surface area contributed by atoms with Crippen molar-refractivity contribution < 1.29 is 9.47 Å². The van der Waals surface area contributed by atoms with Gasteiger partial charge in [-0.05, 0) is 116 Å². The Labute approximate surface area is 331 Å². The second kappa shape index (κ2) is 11.6. The molecule has 0 amide bonds. The Kier molecular flexibility index (Phi) is 6.60. The van der Waals surface area contributed by atoms with Crippen LogP contribution < -0.4 is 30.2 Å². The summed E-state index contributed by atoms with van der Waals surface area (Å²) >= 11 is 0. The van der Waals surface area contributed by atoms with E-state index in [0.29, 0.717) is 0 Å². The zero-order valence-electron chi connectivity index (χ0n) is 32.2. The predicted octanol–water partition coefficient (Wildman–Crippen LogP) is 10.7. The molecule has 8 aromatic carbocycles. The standard InChI is InChI=1S/C52H38N2O2Si/c1-31-19-23-40-36(27-31)37-28-32(2)20-24-41(37)53(40)44-13-8-17-48-50(44)55-46-15-10-16-47-52(46)57(48,35-11-6-5-7-12-35)49-18-9-14-45(51(49)56-47)54-42-25-21-33(3)29-38(42)39-30-34(4)22-26-43(39)54/h5-30H,1-4H3. The third-order valence-electron chi connectivity index (χ3n) is 12.4. The van der Waals surface area contributed by atoms with Gasteiger partial charge in [0.1, 0.15) is 11.5 Å². The Morgan fingerprint density at radius 2 is 0.772 bits per heavy atom. The summed E-state index contributed by atoms with van der Waals surface area (Å²) in [6.07, 6.45) is 0. The first-order valence-corrected chi connectivity index (χ1v) is 21.8. The van der Waals surface area contributed by atoms with Gasteiger partial charge in [0, 0.05) is 26.7 Å². The van der Waals surface area contributed by atoms with Crippen molar-refractivity contribution in [2.75, 3.05) is 0 Å². The van der Waals surface area contributed by atoms with E-state index in [-0.39, 0.29) is 0 Å². The number of fused-ring (bicyclic) bond motifs is 10. The summed E-state index contributed by atoms with van der Waals surface area (Å²) in [5.41, 5.74) is 11.7. The minimum absolute atomic E-state index is 0.856. The summed E-state index contributed by atoms with van der Waals surface area (Å²) in [6, 6.07) is 58.3. The molecular formula is C52H38N2O2Si. The minimum atomic E-state index is -3.12. The molecule has 0 N–H and O–H groups in total. The summed E-state index contributed by atoms with van der Waals surface area (Å²) < 4.78 is 19.3. The molecule has 4 heterocycles. The second-order valence-electron chi connectivity index (χ2n) is 16.0. The maximum absolute atomic E-state index is 7.25. The average Bonchev–Trinajstić information content (AvgIpc) is 3.71. The molecule has 2 aliphatic rings. The molecule has 0 fully saturated rings. The maximum atomic E-state index is 7.25. The highest BCUT2D eigenvalue weighted by molar-refractivity contribution is 7.21. The van der Waals surface area contributed by atoms with Gasteiger partial charge in [0.15, 0.2) is 19.6 Å². The van der Waals surface area contributed by atoms with Crippen molar-refractivity contribution in [1.82, 2.24) is 9.13 Å². The Morgan fingerprint density at radius 1 is 0.386 bits per heavy atom. The van der Waals surface area contributed by atoms with Crippen molar-refractivity contribution in [3.05, 3.63) is 180 Å². The van der Waals surface area contributed by atoms with E-state index in [9.17, 15) is 0 Å². The first kappa shape index (κ1) is 32.4. The lowest BCUT2D eigenvalue weighted by atomic mass is 10.1. The predicted molar refractivity (Wildman–Crippen MR) is 238 cm³/mol. The molecule has 0 unspecified atom stereocenters. The van der Waals surface area contributed by atoms with E-state index in [0.717, 1.165) is 39.6 Å². The van der Waals surface area contributed by atoms with Gasteiger partial charge in [-0.3, -0.25) is 0 Å². The molecule has 12 rings (SSSR count). The lowest BCUT2D eigenvalue weighted by Gasteiger charge is -2.44. The van der Waals surface area contributed by atoms with Crippen LogP contribution in [0.25, 0.3) is 55.0 Å². The number of aryl methyl sites for hydroxylation is 4. The van der Waals surface area contributed by atoms with Crippen molar-refractivity contribution in [3.63, 3.8) is 0 Å². The maximum Gasteiger partial charge on any atom is 0.197 e. The van der Waals surface area contributed by atoms with Gasteiger partial charge in [0.2, 0.25) is 0 Å². The Morgan fingerprint density at radius 3 is 1.18 bits per heavy atom. The van der Waals surface area contributed by atoms with Crippen LogP contribution in [0.5, 0.6) is 23.0 Å². The van der Waals surface area contributed by atoms with Gasteiger partial charge in [0.25, 0.3) is 0 Å². The molecule has 4 nitrogen and oxygen atoms in total. The summed E-state index contributed by atoms with van der Waals surface area (Å²) in [4.78, 5) is 0. The van der Waals surface area contributed by atoms with Crippen molar-refractivity contribution in [2.45, 2.75) is 27.7 Å². The monoisotopic (exact) mass is 750 g/mol. The molecule has 0 spiro atoms. The average molecular weight is 751 g/mol. The molecule has 0 bridgehead atoms. The second-order valence-corrected chi connectivity index (χ2v) is 19.7. The van der Waals surface area contributed by atoms with Gasteiger partial charge < -0.3 is 18.6 Å². The van der Waals surface area contributed by atoms with Crippen molar-refractivity contribution in [2.24, 2.45) is 0 Å². The number of nitrogens with zero attached hydrogens (tertiary/aromatic N) is 2. The van der Waals surface area contributed by atoms with Crippen LogP contribution in [0.3, 0.4) is 0 Å². The highest BCUT2D eigenvalue weighted by atomic mass is 28.3. The van der Waals surface area contributed by atoms with E-state index in [4.69, 9.17) is 9.47 Å². The van der Waals surface area contributed by atoms with Gasteiger partial charge in [-0.15, -0.1) is 0 Å². The Hall–Kier alpha value is -6.82. The van der Waals surface area contributed by atoms with Gasteiger partial charge in [-0.2, -0.15) is 0 Å². The molecule has 10 aromatic rings. The first-order valence-electron chi connectivity index (χ1n) is 19.8. The first-order chi connectivity index (χ1) is 27.9. The summed E-state index contributed by atoms with van der Waals surface area (Å²) in [5, 5.41) is 9.88. The van der Waals surface area contributed by atoms with Crippen LogP contribution in [-0.2, 0) is 0 Å². The van der Waals surface area contributed by atoms with Gasteiger partial charge >= 0.3 is 0 Å². The highest BCUT2D eigenvalue weighted by Gasteiger charge is 2.54. The number of aromatic nitrogens is 2. The number of rotatable bonds is 3. The fourth-order valence-electron chi connectivity index (χ4n) is 10.1. The summed E-state index contributed by atoms with van der Waals surface area (Å²) in [6.45, 7) is 8.70. The van der Waals surface area contributed by atoms with E-state index in [1.165, 1.54) is 81.4 Å². The van der Waals surface area contributed by atoms with Crippen molar-refractivity contribution in [3.8, 4) is 34.4 Å². The van der Waals surface area contributed by atoms with Crippen molar-refractivity contribution >= 4 is 72.4 Å². The third kappa shape index (κ3) is 4.32. The normalized spacial score (nSPS) is 13.7. The fourth-order valence-corrected chi connectivity index (χ4v) is 15.2. The number of ether oxygens (including phenoxy) is 2. The minimum Gasteiger partial charge on any atom is -0.455 e. The number of hydrogen-bond donors (Lipinski definition) is 0. The molecular weight excluding hydrogens is 713 g/mol. The fraction of sp³-hybridized carbons (Fsp3) is 0.0769. The van der Waals surface area contributed by atoms with Crippen LogP contribution in [0.1, 0.15) is 22.3 Å². The topological polar surface area (TPSA) is 28.3 Å². The van der Waals surface area contributed by atoms with Crippen LogP contribution in [0.15, 0.2) is 158 Å². The number of benzene rings is 8. The molecule has 272 valence electrons. The van der Waals surface area contributed by atoms with Gasteiger partial charge in [-0.1, -0.05) is 107 Å².